The van der Waals surface area contributed by atoms with E-state index in [4.69, 9.17) is 10.5 Å². The largest absolute Gasteiger partial charge is 0.379 e. The maximum absolute atomic E-state index is 6.37. The first-order valence-electron chi connectivity index (χ1n) is 6.76. The van der Waals surface area contributed by atoms with Gasteiger partial charge in [0, 0.05) is 6.61 Å². The first-order chi connectivity index (χ1) is 9.36. The van der Waals surface area contributed by atoms with Crippen LogP contribution in [0.5, 0.6) is 0 Å². The van der Waals surface area contributed by atoms with Gasteiger partial charge in [-0.15, -0.1) is 0 Å². The zero-order valence-corrected chi connectivity index (χ0v) is 10.9. The molecule has 1 aromatic heterocycles. The fourth-order valence-electron chi connectivity index (χ4n) is 2.64. The van der Waals surface area contributed by atoms with Crippen molar-refractivity contribution in [2.45, 2.75) is 24.9 Å². The molecule has 3 rings (SSSR count). The summed E-state index contributed by atoms with van der Waals surface area (Å²) in [5.41, 5.74) is 8.54. The number of benzene rings is 1. The average molecular weight is 257 g/mol. The van der Waals surface area contributed by atoms with Crippen molar-refractivity contribution in [3.8, 4) is 0 Å². The van der Waals surface area contributed by atoms with E-state index in [1.165, 1.54) is 0 Å². The molecule has 1 aliphatic rings. The van der Waals surface area contributed by atoms with E-state index in [-0.39, 0.29) is 6.04 Å². The Morgan fingerprint density at radius 1 is 1.32 bits per heavy atom. The molecule has 1 aliphatic heterocycles. The summed E-state index contributed by atoms with van der Waals surface area (Å²) in [4.78, 5) is 4.27. The van der Waals surface area contributed by atoms with Gasteiger partial charge in [0.2, 0.25) is 0 Å². The summed E-state index contributed by atoms with van der Waals surface area (Å²) < 4.78 is 7.73. The number of rotatable bonds is 3. The highest BCUT2D eigenvalue weighted by molar-refractivity contribution is 5.26. The van der Waals surface area contributed by atoms with E-state index in [1.54, 1.807) is 0 Å². The Morgan fingerprint density at radius 2 is 2.16 bits per heavy atom. The molecule has 2 unspecified atom stereocenters. The Kier molecular flexibility index (Phi) is 3.62. The van der Waals surface area contributed by atoms with Crippen LogP contribution < -0.4 is 5.73 Å². The van der Waals surface area contributed by atoms with Gasteiger partial charge in [0.05, 0.1) is 36.9 Å². The van der Waals surface area contributed by atoms with E-state index in [1.807, 2.05) is 30.7 Å². The Morgan fingerprint density at radius 3 is 2.89 bits per heavy atom. The van der Waals surface area contributed by atoms with Crippen LogP contribution in [-0.4, -0.2) is 22.8 Å². The van der Waals surface area contributed by atoms with Gasteiger partial charge in [-0.1, -0.05) is 30.3 Å². The highest BCUT2D eigenvalue weighted by Gasteiger charge is 2.21. The Labute approximate surface area is 113 Å². The monoisotopic (exact) mass is 257 g/mol. The molecule has 2 aromatic rings. The molecule has 100 valence electrons. The number of hydrogen-bond donors (Lipinski definition) is 1. The molecule has 0 aliphatic carbocycles. The van der Waals surface area contributed by atoms with Crippen LogP contribution in [0.4, 0.5) is 0 Å². The van der Waals surface area contributed by atoms with Crippen LogP contribution >= 0.6 is 0 Å². The molecule has 2 N–H and O–H groups in total. The molecule has 0 amide bonds. The van der Waals surface area contributed by atoms with E-state index in [0.717, 1.165) is 37.3 Å². The number of ether oxygens (including phenoxy) is 1. The van der Waals surface area contributed by atoms with Gasteiger partial charge >= 0.3 is 0 Å². The minimum atomic E-state index is -0.134. The number of imidazole rings is 1. The average Bonchev–Trinajstić information content (AvgIpc) is 2.98. The topological polar surface area (TPSA) is 53.1 Å². The second-order valence-electron chi connectivity index (χ2n) is 4.99. The molecule has 1 fully saturated rings. The molecule has 0 radical (unpaired) electrons. The maximum Gasteiger partial charge on any atom is 0.0952 e. The molecule has 0 saturated carbocycles. The first-order valence-corrected chi connectivity index (χ1v) is 6.76. The van der Waals surface area contributed by atoms with E-state index >= 15 is 0 Å². The number of nitrogens with two attached hydrogens (primary N) is 1. The van der Waals surface area contributed by atoms with Crippen LogP contribution in [0.2, 0.25) is 0 Å². The third-order valence-corrected chi connectivity index (χ3v) is 3.70. The molecule has 2 heterocycles. The molecule has 4 nitrogen and oxygen atoms in total. The minimum absolute atomic E-state index is 0.134. The highest BCUT2D eigenvalue weighted by Crippen LogP contribution is 2.26. The molecular weight excluding hydrogens is 238 g/mol. The van der Waals surface area contributed by atoms with Crippen molar-refractivity contribution in [3.63, 3.8) is 0 Å². The van der Waals surface area contributed by atoms with E-state index in [2.05, 4.69) is 21.7 Å². The summed E-state index contributed by atoms with van der Waals surface area (Å²) in [5, 5.41) is 0. The lowest BCUT2D eigenvalue weighted by Gasteiger charge is -2.26. The van der Waals surface area contributed by atoms with Crippen molar-refractivity contribution >= 4 is 0 Å². The van der Waals surface area contributed by atoms with Crippen LogP contribution in [0.15, 0.2) is 42.9 Å². The lowest BCUT2D eigenvalue weighted by molar-refractivity contribution is 0.0581. The molecule has 0 spiro atoms. The summed E-state index contributed by atoms with van der Waals surface area (Å²) >= 11 is 0. The smallest absolute Gasteiger partial charge is 0.0952 e. The predicted octanol–water partition coefficient (Wildman–Crippen LogP) is 2.28. The van der Waals surface area contributed by atoms with Crippen molar-refractivity contribution in [2.24, 2.45) is 5.73 Å². The summed E-state index contributed by atoms with van der Waals surface area (Å²) in [5.74, 6) is 0. The van der Waals surface area contributed by atoms with Crippen molar-refractivity contribution in [2.75, 3.05) is 13.2 Å². The quantitative estimate of drug-likeness (QED) is 0.917. The van der Waals surface area contributed by atoms with Gasteiger partial charge in [0.25, 0.3) is 0 Å². The molecule has 0 bridgehead atoms. The fourth-order valence-corrected chi connectivity index (χ4v) is 2.64. The molecule has 1 saturated heterocycles. The zero-order valence-electron chi connectivity index (χ0n) is 10.9. The van der Waals surface area contributed by atoms with Crippen molar-refractivity contribution in [1.82, 2.24) is 9.55 Å². The summed E-state index contributed by atoms with van der Waals surface area (Å²) in [7, 11) is 0. The number of nitrogens with zero attached hydrogens (tertiary/aromatic N) is 2. The summed E-state index contributed by atoms with van der Waals surface area (Å²) in [6.07, 6.45) is 5.97. The minimum Gasteiger partial charge on any atom is -0.379 e. The highest BCUT2D eigenvalue weighted by atomic mass is 16.5. The lowest BCUT2D eigenvalue weighted by atomic mass is 10.0. The molecule has 19 heavy (non-hydrogen) atoms. The second-order valence-corrected chi connectivity index (χ2v) is 4.99. The van der Waals surface area contributed by atoms with Crippen molar-refractivity contribution in [3.05, 3.63) is 54.1 Å². The van der Waals surface area contributed by atoms with Crippen LogP contribution in [-0.2, 0) is 4.74 Å². The normalized spacial score (nSPS) is 21.2. The Bertz CT molecular complexity index is 517. The number of aromatic nitrogens is 2. The van der Waals surface area contributed by atoms with E-state index in [0.29, 0.717) is 6.04 Å². The van der Waals surface area contributed by atoms with Gasteiger partial charge in [-0.2, -0.15) is 0 Å². The number of hydrogen-bond acceptors (Lipinski definition) is 3. The SMILES string of the molecule is NC(c1ccccc1)c1cncn1C1CCCOC1. The Balaban J connectivity index is 1.87. The second kappa shape index (κ2) is 5.55. The first kappa shape index (κ1) is 12.4. The fraction of sp³-hybridized carbons (Fsp3) is 0.400. The predicted molar refractivity (Wildman–Crippen MR) is 73.8 cm³/mol. The van der Waals surface area contributed by atoms with Gasteiger partial charge in [0.15, 0.2) is 0 Å². The lowest BCUT2D eigenvalue weighted by Crippen LogP contribution is -2.25. The standard InChI is InChI=1S/C15H19N3O/c16-15(12-5-2-1-3-6-12)14-9-17-11-18(14)13-7-4-8-19-10-13/h1-3,5-6,9,11,13,15H,4,7-8,10,16H2. The summed E-state index contributed by atoms with van der Waals surface area (Å²) in [6, 6.07) is 10.4. The van der Waals surface area contributed by atoms with Gasteiger partial charge < -0.3 is 15.0 Å². The third kappa shape index (κ3) is 2.55. The third-order valence-electron chi connectivity index (χ3n) is 3.70. The van der Waals surface area contributed by atoms with Gasteiger partial charge in [-0.3, -0.25) is 0 Å². The Hall–Kier alpha value is -1.65. The van der Waals surface area contributed by atoms with Crippen LogP contribution in [0.25, 0.3) is 0 Å². The van der Waals surface area contributed by atoms with E-state index < -0.39 is 0 Å². The van der Waals surface area contributed by atoms with Crippen LogP contribution in [0.3, 0.4) is 0 Å². The van der Waals surface area contributed by atoms with Gasteiger partial charge in [-0.25, -0.2) is 4.98 Å². The van der Waals surface area contributed by atoms with Crippen LogP contribution in [0, 0.1) is 0 Å². The van der Waals surface area contributed by atoms with Crippen LogP contribution in [0.1, 0.15) is 36.2 Å². The van der Waals surface area contributed by atoms with Gasteiger partial charge in [0.1, 0.15) is 0 Å². The summed E-state index contributed by atoms with van der Waals surface area (Å²) in [6.45, 7) is 1.62. The molecule has 1 aromatic carbocycles. The van der Waals surface area contributed by atoms with Gasteiger partial charge in [-0.05, 0) is 18.4 Å². The maximum atomic E-state index is 6.37. The molecule has 4 heteroatoms. The van der Waals surface area contributed by atoms with Crippen molar-refractivity contribution < 1.29 is 4.74 Å². The molecular formula is C15H19N3O. The molecule has 2 atom stereocenters. The zero-order chi connectivity index (χ0) is 13.1. The van der Waals surface area contributed by atoms with Crippen molar-refractivity contribution in [1.29, 1.82) is 0 Å². The van der Waals surface area contributed by atoms with E-state index in [9.17, 15) is 0 Å².